The van der Waals surface area contributed by atoms with Crippen molar-refractivity contribution in [2.45, 2.75) is 38.2 Å². The van der Waals surface area contributed by atoms with Crippen molar-refractivity contribution in [3.63, 3.8) is 0 Å². The molecule has 1 amide bonds. The number of amides is 1. The quantitative estimate of drug-likeness (QED) is 0.278. The first-order valence-electron chi connectivity index (χ1n) is 13.2. The average Bonchev–Trinajstić information content (AvgIpc) is 3.50. The predicted molar refractivity (Wildman–Crippen MR) is 149 cm³/mol. The number of carbonyl (C=O) groups is 1. The highest BCUT2D eigenvalue weighted by Gasteiger charge is 2.23. The summed E-state index contributed by atoms with van der Waals surface area (Å²) in [5.74, 6) is 6.32. The monoisotopic (exact) mass is 576 g/mol. The van der Waals surface area contributed by atoms with Gasteiger partial charge in [-0.3, -0.25) is 19.8 Å². The second-order valence-electron chi connectivity index (χ2n) is 9.83. The Morgan fingerprint density at radius 3 is 2.71 bits per heavy atom. The van der Waals surface area contributed by atoms with Gasteiger partial charge in [-0.15, -0.1) is 10.2 Å². The molecule has 0 unspecified atom stereocenters. The van der Waals surface area contributed by atoms with Gasteiger partial charge in [-0.2, -0.15) is 5.10 Å². The van der Waals surface area contributed by atoms with Crippen LogP contribution >= 0.6 is 11.3 Å². The molecular formula is C29H26F2N6O3S. The van der Waals surface area contributed by atoms with Gasteiger partial charge in [0.1, 0.15) is 11.4 Å². The molecule has 4 aromatic rings. The van der Waals surface area contributed by atoms with Gasteiger partial charge in [0.05, 0.1) is 25.5 Å². The first-order chi connectivity index (χ1) is 20.0. The van der Waals surface area contributed by atoms with E-state index in [9.17, 15) is 13.6 Å². The van der Waals surface area contributed by atoms with E-state index < -0.39 is 18.0 Å². The first kappa shape index (κ1) is 27.0. The van der Waals surface area contributed by atoms with Crippen LogP contribution in [0.2, 0.25) is 0 Å². The van der Waals surface area contributed by atoms with Gasteiger partial charge in [-0.05, 0) is 60.9 Å². The molecule has 41 heavy (non-hydrogen) atoms. The van der Waals surface area contributed by atoms with Crippen LogP contribution in [0.15, 0.2) is 42.9 Å². The van der Waals surface area contributed by atoms with E-state index in [1.165, 1.54) is 30.7 Å². The van der Waals surface area contributed by atoms with Gasteiger partial charge in [-0.1, -0.05) is 23.3 Å². The van der Waals surface area contributed by atoms with E-state index >= 15 is 0 Å². The minimum Gasteiger partial charge on any atom is -0.494 e. The summed E-state index contributed by atoms with van der Waals surface area (Å²) >= 11 is 1.18. The van der Waals surface area contributed by atoms with Crippen LogP contribution in [0.5, 0.6) is 5.75 Å². The van der Waals surface area contributed by atoms with Gasteiger partial charge in [-0.25, -0.2) is 8.78 Å². The zero-order valence-corrected chi connectivity index (χ0v) is 23.0. The molecule has 3 aromatic heterocycles. The molecule has 210 valence electrons. The fraction of sp³-hybridized carbons (Fsp3) is 0.345. The van der Waals surface area contributed by atoms with E-state index in [-0.39, 0.29) is 22.5 Å². The van der Waals surface area contributed by atoms with E-state index in [2.05, 4.69) is 37.4 Å². The zero-order chi connectivity index (χ0) is 28.3. The Labute approximate surface area is 238 Å². The van der Waals surface area contributed by atoms with Gasteiger partial charge >= 0.3 is 0 Å². The Kier molecular flexibility index (Phi) is 7.71. The van der Waals surface area contributed by atoms with Gasteiger partial charge in [0.15, 0.2) is 5.01 Å². The number of anilines is 1. The molecule has 2 aliphatic rings. The van der Waals surface area contributed by atoms with E-state index in [4.69, 9.17) is 9.47 Å². The molecular weight excluding hydrogens is 550 g/mol. The summed E-state index contributed by atoms with van der Waals surface area (Å²) < 4.78 is 40.2. The molecule has 1 N–H and O–H groups in total. The normalized spacial score (nSPS) is 15.4. The largest absolute Gasteiger partial charge is 0.494 e. The van der Waals surface area contributed by atoms with E-state index in [1.54, 1.807) is 24.4 Å². The van der Waals surface area contributed by atoms with Crippen LogP contribution < -0.4 is 10.1 Å². The zero-order valence-electron chi connectivity index (χ0n) is 22.1. The highest BCUT2D eigenvalue weighted by atomic mass is 32.1. The average molecular weight is 577 g/mol. The summed E-state index contributed by atoms with van der Waals surface area (Å²) in [6.07, 6.45) is 6.08. The number of pyridine rings is 1. The number of hydrogen-bond donors (Lipinski definition) is 1. The predicted octanol–water partition coefficient (Wildman–Crippen LogP) is 5.78. The SMILES string of the molecule is COc1cnc(C(F)F)cc1-c1cc(-c2cnn(C3CCOCC3)c2)ccc1C(=O)Nc1nnc(C#CC2CC2)s1. The Hall–Kier alpha value is -4.21. The van der Waals surface area contributed by atoms with Crippen LogP contribution in [0.1, 0.15) is 59.2 Å². The fourth-order valence-corrected chi connectivity index (χ4v) is 5.21. The number of nitrogens with zero attached hydrogens (tertiary/aromatic N) is 5. The Morgan fingerprint density at radius 1 is 1.12 bits per heavy atom. The Bertz CT molecular complexity index is 1630. The summed E-state index contributed by atoms with van der Waals surface area (Å²) in [6, 6.07) is 6.73. The molecule has 4 heterocycles. The highest BCUT2D eigenvalue weighted by Crippen LogP contribution is 2.37. The number of halogens is 2. The van der Waals surface area contributed by atoms with Crippen molar-refractivity contribution in [2.24, 2.45) is 5.92 Å². The maximum absolute atomic E-state index is 13.7. The number of methoxy groups -OCH3 is 1. The number of ether oxygens (including phenoxy) is 2. The van der Waals surface area contributed by atoms with Gasteiger partial charge in [0.2, 0.25) is 5.13 Å². The summed E-state index contributed by atoms with van der Waals surface area (Å²) in [4.78, 5) is 17.4. The number of hydrogen-bond acceptors (Lipinski definition) is 8. The minimum absolute atomic E-state index is 0.238. The van der Waals surface area contributed by atoms with Crippen molar-refractivity contribution in [3.05, 3.63) is 59.1 Å². The maximum atomic E-state index is 13.7. The molecule has 1 saturated heterocycles. The van der Waals surface area contributed by atoms with Crippen molar-refractivity contribution in [1.82, 2.24) is 25.0 Å². The van der Waals surface area contributed by atoms with Gasteiger partial charge in [0, 0.05) is 42.0 Å². The smallest absolute Gasteiger partial charge is 0.280 e. The number of carbonyl (C=O) groups excluding carboxylic acids is 1. The van der Waals surface area contributed by atoms with Crippen molar-refractivity contribution < 1.29 is 23.0 Å². The third kappa shape index (κ3) is 6.11. The highest BCUT2D eigenvalue weighted by molar-refractivity contribution is 7.15. The van der Waals surface area contributed by atoms with Crippen molar-refractivity contribution >= 4 is 22.4 Å². The number of rotatable bonds is 7. The van der Waals surface area contributed by atoms with Crippen LogP contribution in [-0.2, 0) is 4.74 Å². The number of aromatic nitrogens is 5. The van der Waals surface area contributed by atoms with Crippen LogP contribution in [-0.4, -0.2) is 51.2 Å². The lowest BCUT2D eigenvalue weighted by Gasteiger charge is -2.22. The molecule has 1 aliphatic heterocycles. The molecule has 1 aliphatic carbocycles. The fourth-order valence-electron chi connectivity index (χ4n) is 4.61. The number of alkyl halides is 2. The molecule has 0 spiro atoms. The molecule has 0 bridgehead atoms. The lowest BCUT2D eigenvalue weighted by Crippen LogP contribution is -2.19. The molecule has 2 fully saturated rings. The molecule has 6 rings (SSSR count). The molecule has 12 heteroatoms. The Balaban J connectivity index is 1.37. The summed E-state index contributed by atoms with van der Waals surface area (Å²) in [6.45, 7) is 1.37. The first-order valence-corrected chi connectivity index (χ1v) is 14.1. The van der Waals surface area contributed by atoms with E-state index in [0.717, 1.165) is 36.8 Å². The summed E-state index contributed by atoms with van der Waals surface area (Å²) in [5, 5.41) is 16.2. The van der Waals surface area contributed by atoms with Gasteiger partial charge < -0.3 is 9.47 Å². The van der Waals surface area contributed by atoms with E-state index in [1.807, 2.05) is 10.9 Å². The third-order valence-corrected chi connectivity index (χ3v) is 7.75. The molecule has 0 atom stereocenters. The van der Waals surface area contributed by atoms with Gasteiger partial charge in [0.25, 0.3) is 12.3 Å². The number of nitrogens with one attached hydrogen (secondary N) is 1. The van der Waals surface area contributed by atoms with Crippen molar-refractivity contribution in [2.75, 3.05) is 25.6 Å². The molecule has 1 aromatic carbocycles. The van der Waals surface area contributed by atoms with Crippen LogP contribution in [0, 0.1) is 17.8 Å². The molecule has 9 nitrogen and oxygen atoms in total. The summed E-state index contributed by atoms with van der Waals surface area (Å²) in [7, 11) is 1.43. The molecule has 1 saturated carbocycles. The lowest BCUT2D eigenvalue weighted by atomic mass is 9.94. The lowest BCUT2D eigenvalue weighted by molar-refractivity contribution is 0.0662. The third-order valence-electron chi connectivity index (χ3n) is 6.99. The molecule has 0 radical (unpaired) electrons. The van der Waals surface area contributed by atoms with E-state index in [0.29, 0.717) is 35.3 Å². The second kappa shape index (κ2) is 11.7. The second-order valence-corrected chi connectivity index (χ2v) is 10.8. The van der Waals surface area contributed by atoms with Crippen LogP contribution in [0.3, 0.4) is 0 Å². The van der Waals surface area contributed by atoms with Crippen LogP contribution in [0.25, 0.3) is 22.3 Å². The van der Waals surface area contributed by atoms with Crippen molar-refractivity contribution in [1.29, 1.82) is 0 Å². The van der Waals surface area contributed by atoms with Crippen molar-refractivity contribution in [3.8, 4) is 39.8 Å². The standard InChI is InChI=1S/C29H26F2N6O3S/c1-39-25-15-32-24(27(30)31)13-23(25)22-12-18(19-14-33-37(16-19)20-8-10-40-11-9-20)5-6-21(22)28(38)34-29-36-35-26(41-29)7-4-17-2-3-17/h5-6,12-17,20,27H,2-3,8-11H2,1H3,(H,34,36,38). The number of benzene rings is 1. The summed E-state index contributed by atoms with van der Waals surface area (Å²) in [5.41, 5.74) is 2.13. The topological polar surface area (TPSA) is 104 Å². The maximum Gasteiger partial charge on any atom is 0.280 e. The minimum atomic E-state index is -2.80. The van der Waals surface area contributed by atoms with Crippen LogP contribution in [0.4, 0.5) is 13.9 Å². The Morgan fingerprint density at radius 2 is 1.95 bits per heavy atom.